The molecule has 1 aliphatic heterocycles. The Kier molecular flexibility index (Phi) is 4.53. The zero-order chi connectivity index (χ0) is 19.2. The van der Waals surface area contributed by atoms with Crippen molar-refractivity contribution < 1.29 is 18.0 Å². The fourth-order valence-electron chi connectivity index (χ4n) is 4.69. The monoisotopic (exact) mass is 390 g/mol. The molecule has 6 nitrogen and oxygen atoms in total. The molecular weight excluding hydrogens is 364 g/mol. The molecule has 7 heteroatoms. The van der Waals surface area contributed by atoms with Gasteiger partial charge in [-0.15, -0.1) is 0 Å². The number of fused-ring (bicyclic) bond motifs is 1. The second kappa shape index (κ2) is 6.62. The summed E-state index contributed by atoms with van der Waals surface area (Å²) in [6.07, 6.45) is 5.30. The van der Waals surface area contributed by atoms with Gasteiger partial charge in [0.2, 0.25) is 5.91 Å². The number of urea groups is 1. The molecule has 2 aliphatic carbocycles. The molecule has 2 atom stereocenters. The van der Waals surface area contributed by atoms with Crippen LogP contribution in [0.4, 0.5) is 4.79 Å². The van der Waals surface area contributed by atoms with Crippen molar-refractivity contribution >= 4 is 21.8 Å². The number of nitrogens with zero attached hydrogens (tertiary/aromatic N) is 2. The van der Waals surface area contributed by atoms with E-state index in [1.807, 2.05) is 4.90 Å². The second-order valence-electron chi connectivity index (χ2n) is 8.14. The van der Waals surface area contributed by atoms with Gasteiger partial charge in [0.25, 0.3) is 0 Å². The van der Waals surface area contributed by atoms with E-state index < -0.39 is 9.84 Å². The average molecular weight is 391 g/mol. The van der Waals surface area contributed by atoms with Gasteiger partial charge in [0.15, 0.2) is 9.84 Å². The van der Waals surface area contributed by atoms with Crippen molar-refractivity contribution in [2.75, 3.05) is 18.8 Å². The van der Waals surface area contributed by atoms with Crippen LogP contribution < -0.4 is 0 Å². The number of imide groups is 1. The molecule has 1 aromatic carbocycles. The first-order valence-corrected chi connectivity index (χ1v) is 11.4. The van der Waals surface area contributed by atoms with Crippen LogP contribution in [0, 0.1) is 11.3 Å². The number of sulfone groups is 1. The van der Waals surface area contributed by atoms with Crippen LogP contribution in [0.5, 0.6) is 0 Å². The Labute approximate surface area is 160 Å². The summed E-state index contributed by atoms with van der Waals surface area (Å²) in [5, 5.41) is 0. The minimum absolute atomic E-state index is 0.0488. The van der Waals surface area contributed by atoms with Gasteiger partial charge in [-0.1, -0.05) is 25.5 Å². The zero-order valence-electron chi connectivity index (χ0n) is 15.7. The fourth-order valence-corrected chi connectivity index (χ4v) is 5.58. The van der Waals surface area contributed by atoms with Crippen LogP contribution in [-0.4, -0.2) is 49.0 Å². The lowest BCUT2D eigenvalue weighted by molar-refractivity contribution is -0.131. The Bertz CT molecular complexity index is 864. The number of carbonyl (C=O) groups excluding carboxylic acids is 2. The third-order valence-corrected chi connectivity index (χ3v) is 8.24. The lowest BCUT2D eigenvalue weighted by atomic mass is 10.0. The molecule has 3 fully saturated rings. The van der Waals surface area contributed by atoms with E-state index in [0.29, 0.717) is 18.4 Å². The van der Waals surface area contributed by atoms with E-state index in [4.69, 9.17) is 0 Å². The molecule has 2 saturated carbocycles. The highest BCUT2D eigenvalue weighted by Gasteiger charge is 2.58. The first kappa shape index (κ1) is 18.5. The fraction of sp³-hybridized carbons (Fsp3) is 0.600. The van der Waals surface area contributed by atoms with Gasteiger partial charge in [-0.2, -0.15) is 0 Å². The molecule has 1 heterocycles. The maximum Gasteiger partial charge on any atom is 0.327 e. The van der Waals surface area contributed by atoms with E-state index in [-0.39, 0.29) is 29.1 Å². The summed E-state index contributed by atoms with van der Waals surface area (Å²) in [5.74, 6) is 0.662. The number of hydrogen-bond acceptors (Lipinski definition) is 4. The highest BCUT2D eigenvalue weighted by molar-refractivity contribution is 7.91. The molecule has 146 valence electrons. The third kappa shape index (κ3) is 3.37. The number of carbonyl (C=O) groups is 2. The van der Waals surface area contributed by atoms with E-state index in [0.717, 1.165) is 18.0 Å². The smallest absolute Gasteiger partial charge is 0.323 e. The molecule has 3 amide bonds. The SMILES string of the molecule is CCS(=O)(=O)c1ccc(CN2C(=O)CCN(C[C@@]34CCC[C@@H]3C4)C2=O)cc1. The standard InChI is InChI=1S/C20H26N2O4S/c1-2-27(25,26)17-7-5-15(6-8-17)13-22-18(23)9-11-21(19(22)24)14-20-10-3-4-16(20)12-20/h5-8,16H,2-4,9-14H2,1H3/t16-,20+/m1/s1. The predicted octanol–water partition coefficient (Wildman–Crippen LogP) is 2.82. The van der Waals surface area contributed by atoms with E-state index in [1.54, 1.807) is 31.2 Å². The van der Waals surface area contributed by atoms with Gasteiger partial charge in [0, 0.05) is 19.5 Å². The molecule has 1 saturated heterocycles. The molecule has 3 aliphatic rings. The zero-order valence-corrected chi connectivity index (χ0v) is 16.5. The van der Waals surface area contributed by atoms with Gasteiger partial charge in [0.05, 0.1) is 17.2 Å². The summed E-state index contributed by atoms with van der Waals surface area (Å²) in [6, 6.07) is 6.28. The maximum absolute atomic E-state index is 12.9. The highest BCUT2D eigenvalue weighted by atomic mass is 32.2. The Morgan fingerprint density at radius 2 is 1.93 bits per heavy atom. The molecule has 0 radical (unpaired) electrons. The van der Waals surface area contributed by atoms with Gasteiger partial charge in [0.1, 0.15) is 0 Å². The Morgan fingerprint density at radius 3 is 2.52 bits per heavy atom. The Balaban J connectivity index is 1.45. The van der Waals surface area contributed by atoms with Gasteiger partial charge < -0.3 is 4.90 Å². The highest BCUT2D eigenvalue weighted by Crippen LogP contribution is 2.63. The number of rotatable bonds is 6. The average Bonchev–Trinajstić information content (AvgIpc) is 3.20. The van der Waals surface area contributed by atoms with E-state index >= 15 is 0 Å². The largest absolute Gasteiger partial charge is 0.327 e. The van der Waals surface area contributed by atoms with Crippen molar-refractivity contribution in [3.63, 3.8) is 0 Å². The number of hydrogen-bond donors (Lipinski definition) is 0. The van der Waals surface area contributed by atoms with Gasteiger partial charge in [-0.25, -0.2) is 13.2 Å². The summed E-state index contributed by atoms with van der Waals surface area (Å²) in [6.45, 7) is 3.08. The minimum atomic E-state index is -3.25. The quantitative estimate of drug-likeness (QED) is 0.749. The molecule has 27 heavy (non-hydrogen) atoms. The molecule has 4 rings (SSSR count). The van der Waals surface area contributed by atoms with Crippen molar-refractivity contribution in [1.29, 1.82) is 0 Å². The summed E-state index contributed by atoms with van der Waals surface area (Å²) in [4.78, 5) is 28.7. The third-order valence-electron chi connectivity index (χ3n) is 6.49. The lowest BCUT2D eigenvalue weighted by Gasteiger charge is -2.36. The van der Waals surface area contributed by atoms with Crippen LogP contribution in [0.25, 0.3) is 0 Å². The van der Waals surface area contributed by atoms with Crippen LogP contribution >= 0.6 is 0 Å². The van der Waals surface area contributed by atoms with Crippen LogP contribution in [0.3, 0.4) is 0 Å². The summed E-state index contributed by atoms with van der Waals surface area (Å²) in [5.41, 5.74) is 1.08. The van der Waals surface area contributed by atoms with Gasteiger partial charge >= 0.3 is 6.03 Å². The number of amides is 3. The maximum atomic E-state index is 12.9. The van der Waals surface area contributed by atoms with Gasteiger partial charge in [-0.05, 0) is 48.3 Å². The normalized spacial score (nSPS) is 27.8. The molecular formula is C20H26N2O4S. The molecule has 0 unspecified atom stereocenters. The Hall–Kier alpha value is -1.89. The van der Waals surface area contributed by atoms with Crippen molar-refractivity contribution in [3.05, 3.63) is 29.8 Å². The van der Waals surface area contributed by atoms with Crippen molar-refractivity contribution in [2.45, 2.75) is 50.5 Å². The van der Waals surface area contributed by atoms with E-state index in [9.17, 15) is 18.0 Å². The molecule has 0 spiro atoms. The topological polar surface area (TPSA) is 74.8 Å². The summed E-state index contributed by atoms with van der Waals surface area (Å²) < 4.78 is 23.8. The first-order chi connectivity index (χ1) is 12.8. The van der Waals surface area contributed by atoms with Crippen molar-refractivity contribution in [3.8, 4) is 0 Å². The lowest BCUT2D eigenvalue weighted by Crippen LogP contribution is -2.53. The molecule has 0 aromatic heterocycles. The van der Waals surface area contributed by atoms with Crippen LogP contribution in [0.1, 0.15) is 44.6 Å². The van der Waals surface area contributed by atoms with E-state index in [2.05, 4.69) is 0 Å². The first-order valence-electron chi connectivity index (χ1n) is 9.76. The van der Waals surface area contributed by atoms with Crippen LogP contribution in [0.2, 0.25) is 0 Å². The van der Waals surface area contributed by atoms with Crippen LogP contribution in [-0.2, 0) is 21.2 Å². The van der Waals surface area contributed by atoms with Gasteiger partial charge in [-0.3, -0.25) is 9.69 Å². The molecule has 0 N–H and O–H groups in total. The second-order valence-corrected chi connectivity index (χ2v) is 10.4. The predicted molar refractivity (Wildman–Crippen MR) is 101 cm³/mol. The molecule has 1 aromatic rings. The summed E-state index contributed by atoms with van der Waals surface area (Å²) >= 11 is 0. The van der Waals surface area contributed by atoms with E-state index in [1.165, 1.54) is 30.6 Å². The minimum Gasteiger partial charge on any atom is -0.323 e. The van der Waals surface area contributed by atoms with Crippen LogP contribution in [0.15, 0.2) is 29.2 Å². The Morgan fingerprint density at radius 1 is 1.19 bits per heavy atom. The molecule has 0 bridgehead atoms. The van der Waals surface area contributed by atoms with Crippen molar-refractivity contribution in [1.82, 2.24) is 9.80 Å². The summed E-state index contributed by atoms with van der Waals surface area (Å²) in [7, 11) is -3.25. The van der Waals surface area contributed by atoms with Crippen molar-refractivity contribution in [2.24, 2.45) is 11.3 Å². The number of benzene rings is 1.